The predicted octanol–water partition coefficient (Wildman–Crippen LogP) is 5.13. The topological polar surface area (TPSA) is 146 Å². The zero-order valence-electron chi connectivity index (χ0n) is 28.5. The molecule has 50 heavy (non-hydrogen) atoms. The number of aromatic amines is 1. The van der Waals surface area contributed by atoms with E-state index in [-0.39, 0.29) is 29.7 Å². The fourth-order valence-corrected chi connectivity index (χ4v) is 6.77. The standard InChI is InChI=1S/C34H42F3N9O4/c1-4-50-32-23(34(35,36)37)15-22(17-40-32)24-16-26(44(2)20-33(21-49-3)8-6-9-33)29-31(41-24)43-30(42-29)25-18-39-27(19-38-25)46-13-11-45(12-14-46)10-5-7-28(47)48/h15-19H,4-14,20-21H2,1-3H3,(H,47,48)(H,41,42,43). The summed E-state index contributed by atoms with van der Waals surface area (Å²) in [6.07, 6.45) is 3.93. The molecule has 0 amide bonds. The van der Waals surface area contributed by atoms with Crippen molar-refractivity contribution in [1.29, 1.82) is 0 Å². The SMILES string of the molecule is CCOc1ncc(-c2cc(N(C)CC3(COC)CCC3)c3[nH]c(-c4cnc(N5CCN(CCCC(=O)O)CC5)cn4)nc3n2)cc1C(F)(F)F. The van der Waals surface area contributed by atoms with E-state index in [0.717, 1.165) is 69.6 Å². The number of methoxy groups -OCH3 is 1. The van der Waals surface area contributed by atoms with Crippen LogP contribution in [0.5, 0.6) is 5.88 Å². The third-order valence-corrected chi connectivity index (χ3v) is 9.46. The lowest BCUT2D eigenvalue weighted by Gasteiger charge is -2.44. The minimum Gasteiger partial charge on any atom is -0.481 e. The van der Waals surface area contributed by atoms with Gasteiger partial charge in [0.15, 0.2) is 11.5 Å². The van der Waals surface area contributed by atoms with Gasteiger partial charge in [0.1, 0.15) is 22.6 Å². The van der Waals surface area contributed by atoms with Crippen LogP contribution in [-0.2, 0) is 15.7 Å². The number of nitrogens with zero attached hydrogens (tertiary/aromatic N) is 8. The van der Waals surface area contributed by atoms with Gasteiger partial charge in [-0.1, -0.05) is 6.42 Å². The maximum Gasteiger partial charge on any atom is 0.421 e. The fourth-order valence-electron chi connectivity index (χ4n) is 6.77. The molecule has 0 spiro atoms. The molecule has 6 rings (SSSR count). The van der Waals surface area contributed by atoms with Crippen LogP contribution < -0.4 is 14.5 Å². The molecular weight excluding hydrogens is 655 g/mol. The summed E-state index contributed by atoms with van der Waals surface area (Å²) in [5.74, 6) is -0.104. The molecule has 5 heterocycles. The summed E-state index contributed by atoms with van der Waals surface area (Å²) in [4.78, 5) is 43.4. The number of hydrogen-bond donors (Lipinski definition) is 2. The molecule has 0 radical (unpaired) electrons. The molecule has 0 bridgehead atoms. The Hall–Kier alpha value is -4.57. The van der Waals surface area contributed by atoms with E-state index < -0.39 is 23.6 Å². The van der Waals surface area contributed by atoms with E-state index >= 15 is 0 Å². The van der Waals surface area contributed by atoms with Crippen LogP contribution in [0.25, 0.3) is 33.9 Å². The van der Waals surface area contributed by atoms with Gasteiger partial charge in [-0.3, -0.25) is 9.69 Å². The number of carbonyl (C=O) groups is 1. The molecule has 1 saturated heterocycles. The summed E-state index contributed by atoms with van der Waals surface area (Å²) < 4.78 is 52.9. The van der Waals surface area contributed by atoms with E-state index in [1.165, 1.54) is 6.20 Å². The second-order valence-electron chi connectivity index (χ2n) is 13.0. The van der Waals surface area contributed by atoms with Crippen molar-refractivity contribution in [2.75, 3.05) is 76.4 Å². The van der Waals surface area contributed by atoms with Gasteiger partial charge in [0.25, 0.3) is 0 Å². The molecule has 268 valence electrons. The van der Waals surface area contributed by atoms with Gasteiger partial charge < -0.3 is 29.4 Å². The summed E-state index contributed by atoms with van der Waals surface area (Å²) in [6, 6.07) is 2.78. The van der Waals surface area contributed by atoms with Crippen LogP contribution in [0.1, 0.15) is 44.6 Å². The van der Waals surface area contributed by atoms with E-state index in [4.69, 9.17) is 24.5 Å². The summed E-state index contributed by atoms with van der Waals surface area (Å²) >= 11 is 0. The number of alkyl halides is 3. The van der Waals surface area contributed by atoms with Crippen molar-refractivity contribution in [2.45, 2.75) is 45.2 Å². The van der Waals surface area contributed by atoms with Crippen LogP contribution in [0, 0.1) is 5.41 Å². The zero-order valence-corrected chi connectivity index (χ0v) is 28.5. The van der Waals surface area contributed by atoms with Crippen molar-refractivity contribution in [3.63, 3.8) is 0 Å². The van der Waals surface area contributed by atoms with Crippen LogP contribution in [0.15, 0.2) is 30.7 Å². The second kappa shape index (κ2) is 14.7. The molecule has 4 aromatic rings. The van der Waals surface area contributed by atoms with Crippen molar-refractivity contribution < 1.29 is 32.5 Å². The summed E-state index contributed by atoms with van der Waals surface area (Å²) in [7, 11) is 3.64. The number of ether oxygens (including phenoxy) is 2. The smallest absolute Gasteiger partial charge is 0.421 e. The molecular formula is C34H42F3N9O4. The van der Waals surface area contributed by atoms with Crippen molar-refractivity contribution >= 4 is 28.6 Å². The van der Waals surface area contributed by atoms with Crippen LogP contribution >= 0.6 is 0 Å². The Kier molecular flexibility index (Phi) is 10.4. The van der Waals surface area contributed by atoms with E-state index in [1.54, 1.807) is 32.5 Å². The number of pyridine rings is 2. The molecule has 0 atom stereocenters. The Balaban J connectivity index is 1.30. The predicted molar refractivity (Wildman–Crippen MR) is 181 cm³/mol. The van der Waals surface area contributed by atoms with Crippen LogP contribution in [0.4, 0.5) is 24.7 Å². The van der Waals surface area contributed by atoms with Gasteiger partial charge in [-0.25, -0.2) is 24.9 Å². The molecule has 0 aromatic carbocycles. The molecule has 16 heteroatoms. The molecule has 2 N–H and O–H groups in total. The lowest BCUT2D eigenvalue weighted by molar-refractivity contribution is -0.139. The number of anilines is 2. The molecule has 1 aliphatic carbocycles. The number of fused-ring (bicyclic) bond motifs is 1. The van der Waals surface area contributed by atoms with Gasteiger partial charge in [0.05, 0.1) is 37.0 Å². The average Bonchev–Trinajstić information content (AvgIpc) is 3.51. The first-order chi connectivity index (χ1) is 24.0. The lowest BCUT2D eigenvalue weighted by atomic mass is 9.69. The van der Waals surface area contributed by atoms with Gasteiger partial charge in [-0.05, 0) is 44.9 Å². The normalized spacial score (nSPS) is 16.4. The highest BCUT2D eigenvalue weighted by molar-refractivity contribution is 5.91. The molecule has 0 unspecified atom stereocenters. The third kappa shape index (κ3) is 7.75. The number of aromatic nitrogens is 6. The van der Waals surface area contributed by atoms with Crippen molar-refractivity contribution in [3.8, 4) is 28.7 Å². The number of imidazole rings is 1. The average molecular weight is 698 g/mol. The minimum atomic E-state index is -4.67. The number of rotatable bonds is 14. The minimum absolute atomic E-state index is 0.0302. The monoisotopic (exact) mass is 697 g/mol. The Morgan fingerprint density at radius 3 is 2.46 bits per heavy atom. The first kappa shape index (κ1) is 35.3. The maximum absolute atomic E-state index is 14.0. The van der Waals surface area contributed by atoms with Crippen molar-refractivity contribution in [3.05, 3.63) is 36.3 Å². The number of piperazine rings is 1. The van der Waals surface area contributed by atoms with Crippen molar-refractivity contribution in [1.82, 2.24) is 34.8 Å². The van der Waals surface area contributed by atoms with E-state index in [1.807, 2.05) is 7.05 Å². The van der Waals surface area contributed by atoms with Gasteiger partial charge >= 0.3 is 12.1 Å². The number of halogens is 3. The largest absolute Gasteiger partial charge is 0.481 e. The van der Waals surface area contributed by atoms with Crippen molar-refractivity contribution in [2.24, 2.45) is 5.41 Å². The molecule has 1 saturated carbocycles. The van der Waals surface area contributed by atoms with E-state index in [0.29, 0.717) is 42.3 Å². The lowest BCUT2D eigenvalue weighted by Crippen LogP contribution is -2.47. The third-order valence-electron chi connectivity index (χ3n) is 9.46. The Morgan fingerprint density at radius 2 is 1.84 bits per heavy atom. The van der Waals surface area contributed by atoms with E-state index in [2.05, 4.69) is 34.6 Å². The van der Waals surface area contributed by atoms with E-state index in [9.17, 15) is 18.0 Å². The van der Waals surface area contributed by atoms with Gasteiger partial charge in [0.2, 0.25) is 5.88 Å². The number of carboxylic acid groups (broad SMARTS) is 1. The Bertz CT molecular complexity index is 1790. The van der Waals surface area contributed by atoms with Crippen LogP contribution in [-0.4, -0.2) is 113 Å². The molecule has 4 aromatic heterocycles. The highest BCUT2D eigenvalue weighted by Gasteiger charge is 2.39. The molecule has 13 nitrogen and oxygen atoms in total. The Labute approximate surface area is 287 Å². The maximum atomic E-state index is 14.0. The first-order valence-electron chi connectivity index (χ1n) is 16.8. The molecule has 2 aliphatic rings. The van der Waals surface area contributed by atoms with Crippen LogP contribution in [0.2, 0.25) is 0 Å². The second-order valence-corrected chi connectivity index (χ2v) is 13.0. The summed E-state index contributed by atoms with van der Waals surface area (Å²) in [6.45, 7) is 6.77. The van der Waals surface area contributed by atoms with Gasteiger partial charge in [-0.15, -0.1) is 0 Å². The van der Waals surface area contributed by atoms with Gasteiger partial charge in [-0.2, -0.15) is 13.2 Å². The summed E-state index contributed by atoms with van der Waals surface area (Å²) in [5, 5.41) is 8.91. The van der Waals surface area contributed by atoms with Gasteiger partial charge in [0, 0.05) is 70.5 Å². The molecule has 2 fully saturated rings. The fraction of sp³-hybridized carbons (Fsp3) is 0.529. The quantitative estimate of drug-likeness (QED) is 0.180. The Morgan fingerprint density at radius 1 is 1.06 bits per heavy atom. The number of carboxylic acids is 1. The zero-order chi connectivity index (χ0) is 35.5. The number of nitrogens with one attached hydrogen (secondary N) is 1. The molecule has 1 aliphatic heterocycles. The van der Waals surface area contributed by atoms with Crippen LogP contribution in [0.3, 0.4) is 0 Å². The first-order valence-corrected chi connectivity index (χ1v) is 16.8. The number of hydrogen-bond acceptors (Lipinski definition) is 11. The number of H-pyrrole nitrogens is 1. The highest BCUT2D eigenvalue weighted by atomic mass is 19.4. The summed E-state index contributed by atoms with van der Waals surface area (Å²) in [5.41, 5.74) is 1.63. The number of aliphatic carboxylic acids is 1. The highest BCUT2D eigenvalue weighted by Crippen LogP contribution is 2.43.